The molecule has 1 rings (SSSR count). The molecule has 0 amide bonds. The standard InChI is InChI=1S/C14H18O3/c1-3-4-11-5-7-12(8-6-11)13(15)9-10(2)14(16)17/h5-8,10H,3-4,9H2,1-2H3,(H,16,17). The molecule has 0 saturated carbocycles. The zero-order valence-corrected chi connectivity index (χ0v) is 10.3. The van der Waals surface area contributed by atoms with Gasteiger partial charge in [-0.1, -0.05) is 44.5 Å². The number of hydrogen-bond acceptors (Lipinski definition) is 2. The van der Waals surface area contributed by atoms with E-state index < -0.39 is 11.9 Å². The maximum Gasteiger partial charge on any atom is 0.306 e. The van der Waals surface area contributed by atoms with Crippen LogP contribution in [0.3, 0.4) is 0 Å². The Hall–Kier alpha value is -1.64. The summed E-state index contributed by atoms with van der Waals surface area (Å²) in [5, 5.41) is 8.74. The molecule has 0 aromatic heterocycles. The van der Waals surface area contributed by atoms with Gasteiger partial charge >= 0.3 is 5.97 Å². The summed E-state index contributed by atoms with van der Waals surface area (Å²) in [6.07, 6.45) is 2.13. The van der Waals surface area contributed by atoms with Crippen molar-refractivity contribution >= 4 is 11.8 Å². The van der Waals surface area contributed by atoms with Gasteiger partial charge in [0, 0.05) is 12.0 Å². The number of Topliss-reactive ketones (excluding diaryl/α,β-unsaturated/α-hetero) is 1. The highest BCUT2D eigenvalue weighted by Crippen LogP contribution is 2.12. The Morgan fingerprint density at radius 2 is 1.82 bits per heavy atom. The average Bonchev–Trinajstić information content (AvgIpc) is 2.30. The fourth-order valence-corrected chi connectivity index (χ4v) is 1.63. The fraction of sp³-hybridized carbons (Fsp3) is 0.429. The summed E-state index contributed by atoms with van der Waals surface area (Å²) in [7, 11) is 0. The molecule has 0 aliphatic heterocycles. The Kier molecular flexibility index (Phi) is 4.88. The SMILES string of the molecule is CCCc1ccc(C(=O)CC(C)C(=O)O)cc1. The lowest BCUT2D eigenvalue weighted by Crippen LogP contribution is -2.14. The number of rotatable bonds is 6. The molecule has 92 valence electrons. The smallest absolute Gasteiger partial charge is 0.306 e. The molecular formula is C14H18O3. The summed E-state index contributed by atoms with van der Waals surface area (Å²) in [5.41, 5.74) is 1.80. The minimum absolute atomic E-state index is 0.0580. The monoisotopic (exact) mass is 234 g/mol. The molecule has 0 spiro atoms. The number of ketones is 1. The Morgan fingerprint density at radius 1 is 1.24 bits per heavy atom. The van der Waals surface area contributed by atoms with Gasteiger partial charge in [0.1, 0.15) is 0 Å². The summed E-state index contributed by atoms with van der Waals surface area (Å²) in [6, 6.07) is 7.42. The Labute approximate surface area is 101 Å². The summed E-state index contributed by atoms with van der Waals surface area (Å²) in [4.78, 5) is 22.4. The van der Waals surface area contributed by atoms with E-state index >= 15 is 0 Å². The molecule has 1 unspecified atom stereocenters. The lowest BCUT2D eigenvalue weighted by atomic mass is 9.98. The van der Waals surface area contributed by atoms with E-state index in [4.69, 9.17) is 5.11 Å². The van der Waals surface area contributed by atoms with Crippen LogP contribution in [0.15, 0.2) is 24.3 Å². The van der Waals surface area contributed by atoms with Gasteiger partial charge < -0.3 is 5.11 Å². The molecule has 0 heterocycles. The molecule has 3 heteroatoms. The normalized spacial score (nSPS) is 12.1. The fourth-order valence-electron chi connectivity index (χ4n) is 1.63. The number of aryl methyl sites for hydroxylation is 1. The summed E-state index contributed by atoms with van der Waals surface area (Å²) < 4.78 is 0. The number of benzene rings is 1. The summed E-state index contributed by atoms with van der Waals surface area (Å²) in [6.45, 7) is 3.65. The number of hydrogen-bond donors (Lipinski definition) is 1. The van der Waals surface area contributed by atoms with E-state index in [9.17, 15) is 9.59 Å². The number of aliphatic carboxylic acids is 1. The van der Waals surface area contributed by atoms with Crippen molar-refractivity contribution in [1.82, 2.24) is 0 Å². The molecule has 3 nitrogen and oxygen atoms in total. The minimum atomic E-state index is -0.930. The molecule has 1 aromatic carbocycles. The molecular weight excluding hydrogens is 216 g/mol. The van der Waals surface area contributed by atoms with E-state index in [1.165, 1.54) is 5.56 Å². The third kappa shape index (κ3) is 4.02. The predicted octanol–water partition coefficient (Wildman–Crippen LogP) is 2.93. The quantitative estimate of drug-likeness (QED) is 0.770. The molecule has 1 aromatic rings. The summed E-state index contributed by atoms with van der Waals surface area (Å²) in [5.74, 6) is -1.67. The summed E-state index contributed by atoms with van der Waals surface area (Å²) >= 11 is 0. The molecule has 0 saturated heterocycles. The second-order valence-corrected chi connectivity index (χ2v) is 4.31. The molecule has 1 N–H and O–H groups in total. The minimum Gasteiger partial charge on any atom is -0.481 e. The van der Waals surface area contributed by atoms with Gasteiger partial charge in [-0.2, -0.15) is 0 Å². The van der Waals surface area contributed by atoms with E-state index in [0.717, 1.165) is 12.8 Å². The molecule has 0 aliphatic rings. The third-order valence-electron chi connectivity index (χ3n) is 2.73. The van der Waals surface area contributed by atoms with Crippen molar-refractivity contribution in [3.8, 4) is 0 Å². The van der Waals surface area contributed by atoms with Crippen LogP contribution in [0.4, 0.5) is 0 Å². The van der Waals surface area contributed by atoms with Crippen LogP contribution in [0.2, 0.25) is 0 Å². The Balaban J connectivity index is 2.66. The van der Waals surface area contributed by atoms with Crippen LogP contribution in [0.1, 0.15) is 42.6 Å². The van der Waals surface area contributed by atoms with Crippen molar-refractivity contribution < 1.29 is 14.7 Å². The molecule has 0 radical (unpaired) electrons. The first-order chi connectivity index (χ1) is 8.04. The van der Waals surface area contributed by atoms with Crippen LogP contribution in [0.25, 0.3) is 0 Å². The second-order valence-electron chi connectivity index (χ2n) is 4.31. The van der Waals surface area contributed by atoms with Crippen molar-refractivity contribution in [2.24, 2.45) is 5.92 Å². The average molecular weight is 234 g/mol. The van der Waals surface area contributed by atoms with Crippen LogP contribution in [0, 0.1) is 5.92 Å². The lowest BCUT2D eigenvalue weighted by Gasteiger charge is -2.06. The molecule has 0 bridgehead atoms. The molecule has 0 fully saturated rings. The zero-order chi connectivity index (χ0) is 12.8. The van der Waals surface area contributed by atoms with E-state index in [0.29, 0.717) is 5.56 Å². The van der Waals surface area contributed by atoms with Crippen LogP contribution in [-0.4, -0.2) is 16.9 Å². The topological polar surface area (TPSA) is 54.4 Å². The van der Waals surface area contributed by atoms with E-state index in [2.05, 4.69) is 6.92 Å². The van der Waals surface area contributed by atoms with Crippen LogP contribution >= 0.6 is 0 Å². The van der Waals surface area contributed by atoms with E-state index in [1.54, 1.807) is 19.1 Å². The van der Waals surface area contributed by atoms with Gasteiger partial charge in [0.15, 0.2) is 5.78 Å². The molecule has 1 atom stereocenters. The number of carbonyl (C=O) groups excluding carboxylic acids is 1. The van der Waals surface area contributed by atoms with Crippen molar-refractivity contribution in [3.63, 3.8) is 0 Å². The van der Waals surface area contributed by atoms with Gasteiger partial charge in [-0.25, -0.2) is 0 Å². The highest BCUT2D eigenvalue weighted by atomic mass is 16.4. The highest BCUT2D eigenvalue weighted by molar-refractivity contribution is 5.97. The first kappa shape index (κ1) is 13.4. The van der Waals surface area contributed by atoms with Crippen LogP contribution in [-0.2, 0) is 11.2 Å². The lowest BCUT2D eigenvalue weighted by molar-refractivity contribution is -0.141. The van der Waals surface area contributed by atoms with Gasteiger partial charge in [0.2, 0.25) is 0 Å². The van der Waals surface area contributed by atoms with E-state index in [-0.39, 0.29) is 12.2 Å². The second kappa shape index (κ2) is 6.18. The van der Waals surface area contributed by atoms with Gasteiger partial charge in [-0.15, -0.1) is 0 Å². The van der Waals surface area contributed by atoms with Crippen molar-refractivity contribution in [2.45, 2.75) is 33.1 Å². The van der Waals surface area contributed by atoms with Gasteiger partial charge in [-0.3, -0.25) is 9.59 Å². The predicted molar refractivity (Wildman–Crippen MR) is 66.2 cm³/mol. The van der Waals surface area contributed by atoms with Crippen LogP contribution < -0.4 is 0 Å². The van der Waals surface area contributed by atoms with Crippen molar-refractivity contribution in [2.75, 3.05) is 0 Å². The maximum absolute atomic E-state index is 11.8. The third-order valence-corrected chi connectivity index (χ3v) is 2.73. The highest BCUT2D eigenvalue weighted by Gasteiger charge is 2.16. The van der Waals surface area contributed by atoms with Crippen LogP contribution in [0.5, 0.6) is 0 Å². The van der Waals surface area contributed by atoms with Crippen molar-refractivity contribution in [1.29, 1.82) is 0 Å². The maximum atomic E-state index is 11.8. The number of carbonyl (C=O) groups is 2. The molecule has 17 heavy (non-hydrogen) atoms. The van der Waals surface area contributed by atoms with Crippen molar-refractivity contribution in [3.05, 3.63) is 35.4 Å². The number of carboxylic acid groups (broad SMARTS) is 1. The number of carboxylic acids is 1. The first-order valence-corrected chi connectivity index (χ1v) is 5.89. The van der Waals surface area contributed by atoms with E-state index in [1.807, 2.05) is 12.1 Å². The first-order valence-electron chi connectivity index (χ1n) is 5.89. The Bertz CT molecular complexity index is 392. The largest absolute Gasteiger partial charge is 0.481 e. The zero-order valence-electron chi connectivity index (χ0n) is 10.3. The van der Waals surface area contributed by atoms with Gasteiger partial charge in [0.25, 0.3) is 0 Å². The van der Waals surface area contributed by atoms with Gasteiger partial charge in [0.05, 0.1) is 5.92 Å². The van der Waals surface area contributed by atoms with Gasteiger partial charge in [-0.05, 0) is 12.0 Å². The Morgan fingerprint density at radius 3 is 2.29 bits per heavy atom. The molecule has 0 aliphatic carbocycles.